The maximum atomic E-state index is 13.2. The van der Waals surface area contributed by atoms with Crippen LogP contribution < -0.4 is 14.8 Å². The molecule has 0 radical (unpaired) electrons. The largest absolute Gasteiger partial charge is 0.486 e. The minimum atomic E-state index is -0.839. The molecule has 2 heterocycles. The standard InChI is InChI=1S/C25H32N2O4/c1-2-20(18-8-4-3-5-9-18)25(29)26-21(17-27-12-6-7-13-27)24(28)19-10-11-22-23(16-19)31-15-14-30-22/h3-5,8-11,16,20-21,24,28H,2,6-7,12-15,17H2,1H3,(H,26,29). The fraction of sp³-hybridized carbons (Fsp3) is 0.480. The number of likely N-dealkylation sites (tertiary alicyclic amines) is 1. The molecule has 1 saturated heterocycles. The summed E-state index contributed by atoms with van der Waals surface area (Å²) in [5.41, 5.74) is 1.72. The van der Waals surface area contributed by atoms with Crippen LogP contribution in [0, 0.1) is 0 Å². The first-order valence-corrected chi connectivity index (χ1v) is 11.3. The molecule has 0 spiro atoms. The first-order chi connectivity index (χ1) is 15.2. The Morgan fingerprint density at radius 1 is 1.03 bits per heavy atom. The summed E-state index contributed by atoms with van der Waals surface area (Å²) in [5, 5.41) is 14.4. The molecule has 2 aromatic carbocycles. The maximum absolute atomic E-state index is 13.2. The molecule has 166 valence electrons. The van der Waals surface area contributed by atoms with Gasteiger partial charge in [0.2, 0.25) is 5.91 Å². The minimum absolute atomic E-state index is 0.0468. The molecule has 0 saturated carbocycles. The lowest BCUT2D eigenvalue weighted by molar-refractivity contribution is -0.124. The van der Waals surface area contributed by atoms with E-state index in [-0.39, 0.29) is 11.8 Å². The molecule has 6 heteroatoms. The fourth-order valence-corrected chi connectivity index (χ4v) is 4.49. The number of rotatable bonds is 8. The van der Waals surface area contributed by atoms with Crippen molar-refractivity contribution < 1.29 is 19.4 Å². The second-order valence-corrected chi connectivity index (χ2v) is 8.34. The highest BCUT2D eigenvalue weighted by Gasteiger charge is 2.30. The van der Waals surface area contributed by atoms with Crippen LogP contribution in [0.25, 0.3) is 0 Å². The summed E-state index contributed by atoms with van der Waals surface area (Å²) in [6, 6.07) is 14.9. The van der Waals surface area contributed by atoms with Crippen LogP contribution in [-0.2, 0) is 4.79 Å². The Kier molecular flexibility index (Phi) is 7.10. The zero-order valence-corrected chi connectivity index (χ0v) is 18.1. The summed E-state index contributed by atoms with van der Waals surface area (Å²) in [5.74, 6) is 1.05. The molecule has 3 atom stereocenters. The maximum Gasteiger partial charge on any atom is 0.227 e. The van der Waals surface area contributed by atoms with Crippen LogP contribution in [0.4, 0.5) is 0 Å². The van der Waals surface area contributed by atoms with Crippen molar-refractivity contribution in [3.8, 4) is 11.5 Å². The topological polar surface area (TPSA) is 71.0 Å². The van der Waals surface area contributed by atoms with Crippen molar-refractivity contribution in [3.63, 3.8) is 0 Å². The van der Waals surface area contributed by atoms with Crippen molar-refractivity contribution in [1.82, 2.24) is 10.2 Å². The zero-order valence-electron chi connectivity index (χ0n) is 18.1. The lowest BCUT2D eigenvalue weighted by Gasteiger charge is -2.30. The number of nitrogens with zero attached hydrogens (tertiary/aromatic N) is 1. The summed E-state index contributed by atoms with van der Waals surface area (Å²) < 4.78 is 11.3. The van der Waals surface area contributed by atoms with Gasteiger partial charge in [-0.1, -0.05) is 43.3 Å². The van der Waals surface area contributed by atoms with E-state index in [1.165, 1.54) is 0 Å². The predicted octanol–water partition coefficient (Wildman–Crippen LogP) is 3.27. The molecule has 3 unspecified atom stereocenters. The van der Waals surface area contributed by atoms with Crippen LogP contribution in [0.15, 0.2) is 48.5 Å². The number of benzene rings is 2. The lowest BCUT2D eigenvalue weighted by Crippen LogP contribution is -2.48. The Bertz CT molecular complexity index is 867. The molecule has 4 rings (SSSR count). The molecule has 0 bridgehead atoms. The highest BCUT2D eigenvalue weighted by Crippen LogP contribution is 2.34. The van der Waals surface area contributed by atoms with Gasteiger partial charge < -0.3 is 24.8 Å². The van der Waals surface area contributed by atoms with Gasteiger partial charge >= 0.3 is 0 Å². The van der Waals surface area contributed by atoms with E-state index in [0.717, 1.165) is 37.1 Å². The van der Waals surface area contributed by atoms with Crippen LogP contribution in [0.5, 0.6) is 11.5 Å². The third kappa shape index (κ3) is 5.20. The predicted molar refractivity (Wildman–Crippen MR) is 119 cm³/mol. The highest BCUT2D eigenvalue weighted by atomic mass is 16.6. The summed E-state index contributed by atoms with van der Waals surface area (Å²) >= 11 is 0. The third-order valence-corrected chi connectivity index (χ3v) is 6.20. The number of ether oxygens (including phenoxy) is 2. The van der Waals surface area contributed by atoms with E-state index in [2.05, 4.69) is 10.2 Å². The van der Waals surface area contributed by atoms with Gasteiger partial charge in [0.1, 0.15) is 19.3 Å². The molecule has 6 nitrogen and oxygen atoms in total. The van der Waals surface area contributed by atoms with Crippen LogP contribution >= 0.6 is 0 Å². The Balaban J connectivity index is 1.54. The van der Waals surface area contributed by atoms with E-state index in [4.69, 9.17) is 9.47 Å². The molecule has 2 N–H and O–H groups in total. The molecule has 0 aromatic heterocycles. The van der Waals surface area contributed by atoms with E-state index >= 15 is 0 Å². The SMILES string of the molecule is CCC(C(=O)NC(CN1CCCC1)C(O)c1ccc2c(c1)OCCO2)c1ccccc1. The monoisotopic (exact) mass is 424 g/mol. The van der Waals surface area contributed by atoms with Gasteiger partial charge in [0.05, 0.1) is 12.0 Å². The summed E-state index contributed by atoms with van der Waals surface area (Å²) in [6.07, 6.45) is 2.17. The molecule has 0 aliphatic carbocycles. The molecule has 2 aliphatic rings. The number of nitrogens with one attached hydrogen (secondary N) is 1. The van der Waals surface area contributed by atoms with Gasteiger partial charge in [-0.3, -0.25) is 4.79 Å². The highest BCUT2D eigenvalue weighted by molar-refractivity contribution is 5.84. The number of hydrogen-bond acceptors (Lipinski definition) is 5. The fourth-order valence-electron chi connectivity index (χ4n) is 4.49. The number of amides is 1. The van der Waals surface area contributed by atoms with Crippen molar-refractivity contribution in [2.45, 2.75) is 44.2 Å². The Labute approximate surface area is 184 Å². The first-order valence-electron chi connectivity index (χ1n) is 11.3. The second-order valence-electron chi connectivity index (χ2n) is 8.34. The minimum Gasteiger partial charge on any atom is -0.486 e. The molecular weight excluding hydrogens is 392 g/mol. The molecule has 1 fully saturated rings. The van der Waals surface area contributed by atoms with E-state index < -0.39 is 12.1 Å². The summed E-state index contributed by atoms with van der Waals surface area (Å²) in [4.78, 5) is 15.6. The average Bonchev–Trinajstić information content (AvgIpc) is 3.32. The average molecular weight is 425 g/mol. The Morgan fingerprint density at radius 3 is 2.45 bits per heavy atom. The summed E-state index contributed by atoms with van der Waals surface area (Å²) in [6.45, 7) is 5.65. The van der Waals surface area contributed by atoms with Gasteiger partial charge in [0, 0.05) is 6.54 Å². The number of carbonyl (C=O) groups excluding carboxylic acids is 1. The van der Waals surface area contributed by atoms with Gasteiger partial charge in [-0.05, 0) is 55.6 Å². The van der Waals surface area contributed by atoms with E-state index in [0.29, 0.717) is 37.7 Å². The number of aliphatic hydroxyl groups excluding tert-OH is 1. The van der Waals surface area contributed by atoms with Gasteiger partial charge in [-0.25, -0.2) is 0 Å². The normalized spacial score (nSPS) is 18.9. The van der Waals surface area contributed by atoms with Crippen molar-refractivity contribution in [2.24, 2.45) is 0 Å². The van der Waals surface area contributed by atoms with Crippen LogP contribution in [0.1, 0.15) is 49.3 Å². The van der Waals surface area contributed by atoms with Crippen LogP contribution in [-0.4, -0.2) is 54.8 Å². The van der Waals surface area contributed by atoms with E-state index in [1.54, 1.807) is 0 Å². The Morgan fingerprint density at radius 2 is 1.74 bits per heavy atom. The van der Waals surface area contributed by atoms with E-state index in [1.807, 2.05) is 55.5 Å². The summed E-state index contributed by atoms with van der Waals surface area (Å²) in [7, 11) is 0. The van der Waals surface area contributed by atoms with Crippen molar-refractivity contribution >= 4 is 5.91 Å². The van der Waals surface area contributed by atoms with Crippen molar-refractivity contribution in [3.05, 3.63) is 59.7 Å². The third-order valence-electron chi connectivity index (χ3n) is 6.20. The first kappa shape index (κ1) is 21.7. The molecule has 1 amide bonds. The smallest absolute Gasteiger partial charge is 0.227 e. The molecule has 31 heavy (non-hydrogen) atoms. The van der Waals surface area contributed by atoms with Crippen molar-refractivity contribution in [1.29, 1.82) is 0 Å². The number of fused-ring (bicyclic) bond motifs is 1. The molecular formula is C25H32N2O4. The molecule has 2 aliphatic heterocycles. The zero-order chi connectivity index (χ0) is 21.6. The number of carbonyl (C=O) groups is 1. The van der Waals surface area contributed by atoms with Crippen molar-refractivity contribution in [2.75, 3.05) is 32.8 Å². The molecule has 2 aromatic rings. The lowest BCUT2D eigenvalue weighted by atomic mass is 9.94. The van der Waals surface area contributed by atoms with Crippen LogP contribution in [0.3, 0.4) is 0 Å². The van der Waals surface area contributed by atoms with Gasteiger partial charge in [0.15, 0.2) is 11.5 Å². The number of hydrogen-bond donors (Lipinski definition) is 2. The van der Waals surface area contributed by atoms with Gasteiger partial charge in [0.25, 0.3) is 0 Å². The van der Waals surface area contributed by atoms with Crippen LogP contribution in [0.2, 0.25) is 0 Å². The second kappa shape index (κ2) is 10.2. The van der Waals surface area contributed by atoms with Gasteiger partial charge in [-0.15, -0.1) is 0 Å². The quantitative estimate of drug-likeness (QED) is 0.681. The van der Waals surface area contributed by atoms with Gasteiger partial charge in [-0.2, -0.15) is 0 Å². The Hall–Kier alpha value is -2.57. The van der Waals surface area contributed by atoms with E-state index in [9.17, 15) is 9.90 Å². The number of aliphatic hydroxyl groups is 1.